The van der Waals surface area contributed by atoms with E-state index in [4.69, 9.17) is 10.9 Å². The largest absolute Gasteiger partial charge is 0.409 e. The van der Waals surface area contributed by atoms with Gasteiger partial charge in [-0.1, -0.05) is 24.9 Å². The minimum absolute atomic E-state index is 0.338. The van der Waals surface area contributed by atoms with Crippen LogP contribution in [0.15, 0.2) is 5.16 Å². The molecule has 1 aliphatic carbocycles. The highest BCUT2D eigenvalue weighted by Gasteiger charge is 2.24. The summed E-state index contributed by atoms with van der Waals surface area (Å²) >= 11 is 0. The molecule has 1 aliphatic rings. The molecule has 4 heteroatoms. The van der Waals surface area contributed by atoms with Gasteiger partial charge in [0.05, 0.1) is 0 Å². The van der Waals surface area contributed by atoms with Gasteiger partial charge >= 0.3 is 0 Å². The number of nitrogens with two attached hydrogens (primary N) is 1. The molecule has 0 amide bonds. The van der Waals surface area contributed by atoms with E-state index in [1.165, 1.54) is 25.7 Å². The van der Waals surface area contributed by atoms with Gasteiger partial charge in [-0.2, -0.15) is 0 Å². The molecule has 0 aromatic heterocycles. The van der Waals surface area contributed by atoms with Gasteiger partial charge in [0.1, 0.15) is 5.84 Å². The first-order chi connectivity index (χ1) is 7.65. The summed E-state index contributed by atoms with van der Waals surface area (Å²) in [4.78, 5) is 2.44. The molecule has 4 nitrogen and oxygen atoms in total. The summed E-state index contributed by atoms with van der Waals surface area (Å²) in [5, 5.41) is 11.4. The highest BCUT2D eigenvalue weighted by Crippen LogP contribution is 2.27. The zero-order valence-electron chi connectivity index (χ0n) is 10.5. The van der Waals surface area contributed by atoms with Crippen LogP contribution in [0, 0.1) is 5.92 Å². The summed E-state index contributed by atoms with van der Waals surface area (Å²) in [6.45, 7) is 3.38. The van der Waals surface area contributed by atoms with Crippen molar-refractivity contribution in [2.45, 2.75) is 51.5 Å². The Balaban J connectivity index is 2.25. The molecule has 3 N–H and O–H groups in total. The highest BCUT2D eigenvalue weighted by molar-refractivity contribution is 5.79. The zero-order chi connectivity index (χ0) is 12.0. The van der Waals surface area contributed by atoms with Crippen molar-refractivity contribution in [3.8, 4) is 0 Å². The van der Waals surface area contributed by atoms with Crippen molar-refractivity contribution < 1.29 is 5.21 Å². The Hall–Kier alpha value is -0.770. The molecule has 0 bridgehead atoms. The number of amidine groups is 1. The predicted octanol–water partition coefficient (Wildman–Crippen LogP) is 2.02. The maximum Gasteiger partial charge on any atom is 0.139 e. The quantitative estimate of drug-likeness (QED) is 0.327. The lowest BCUT2D eigenvalue weighted by molar-refractivity contribution is 0.139. The molecule has 1 saturated carbocycles. The average molecular weight is 227 g/mol. The van der Waals surface area contributed by atoms with Crippen LogP contribution in [0.4, 0.5) is 0 Å². The molecule has 16 heavy (non-hydrogen) atoms. The van der Waals surface area contributed by atoms with Crippen LogP contribution >= 0.6 is 0 Å². The van der Waals surface area contributed by atoms with Crippen LogP contribution in [0.5, 0.6) is 0 Å². The summed E-state index contributed by atoms with van der Waals surface area (Å²) in [5.74, 6) is 1.15. The number of nitrogens with zero attached hydrogens (tertiary/aromatic N) is 2. The molecular formula is C12H25N3O. The van der Waals surface area contributed by atoms with Crippen LogP contribution in [0.25, 0.3) is 0 Å². The molecule has 2 unspecified atom stereocenters. The van der Waals surface area contributed by atoms with Crippen molar-refractivity contribution >= 4 is 5.84 Å². The van der Waals surface area contributed by atoms with Crippen LogP contribution in [0.3, 0.4) is 0 Å². The molecule has 1 fully saturated rings. The van der Waals surface area contributed by atoms with Gasteiger partial charge in [-0.25, -0.2) is 0 Å². The van der Waals surface area contributed by atoms with Crippen molar-refractivity contribution in [2.24, 2.45) is 16.8 Å². The second kappa shape index (κ2) is 6.74. The lowest BCUT2D eigenvalue weighted by atomic mass is 9.85. The minimum atomic E-state index is 0.338. The normalized spacial score (nSPS) is 27.3. The maximum atomic E-state index is 8.44. The van der Waals surface area contributed by atoms with Gasteiger partial charge < -0.3 is 15.8 Å². The SMILES string of the molecule is CC1CCCCC1N(C)CCCC(N)=NO. The van der Waals surface area contributed by atoms with Crippen LogP contribution in [0.1, 0.15) is 45.4 Å². The van der Waals surface area contributed by atoms with E-state index in [1.807, 2.05) is 0 Å². The highest BCUT2D eigenvalue weighted by atomic mass is 16.4. The van der Waals surface area contributed by atoms with Crippen LogP contribution in [0.2, 0.25) is 0 Å². The van der Waals surface area contributed by atoms with Crippen molar-refractivity contribution in [3.63, 3.8) is 0 Å². The van der Waals surface area contributed by atoms with Gasteiger partial charge in [0.25, 0.3) is 0 Å². The lowest BCUT2D eigenvalue weighted by Gasteiger charge is -2.36. The Bertz CT molecular complexity index is 230. The molecule has 0 aliphatic heterocycles. The van der Waals surface area contributed by atoms with Crippen molar-refractivity contribution in [2.75, 3.05) is 13.6 Å². The fraction of sp³-hybridized carbons (Fsp3) is 0.917. The first kappa shape index (κ1) is 13.3. The standard InChI is InChI=1S/C12H25N3O/c1-10-6-3-4-7-11(10)15(2)9-5-8-12(13)14-16/h10-11,16H,3-9H2,1-2H3,(H2,13,14). The van der Waals surface area contributed by atoms with E-state index in [2.05, 4.69) is 24.0 Å². The van der Waals surface area contributed by atoms with Gasteiger partial charge in [-0.3, -0.25) is 0 Å². The molecule has 0 spiro atoms. The topological polar surface area (TPSA) is 61.8 Å². The molecule has 0 aromatic carbocycles. The Morgan fingerprint density at radius 3 is 2.75 bits per heavy atom. The molecule has 0 heterocycles. The Kier molecular flexibility index (Phi) is 5.60. The molecule has 0 radical (unpaired) electrons. The fourth-order valence-electron chi connectivity index (χ4n) is 2.68. The van der Waals surface area contributed by atoms with Crippen molar-refractivity contribution in [1.29, 1.82) is 0 Å². The Morgan fingerprint density at radius 1 is 1.44 bits per heavy atom. The van der Waals surface area contributed by atoms with E-state index < -0.39 is 0 Å². The first-order valence-electron chi connectivity index (χ1n) is 6.31. The van der Waals surface area contributed by atoms with Gasteiger partial charge in [0, 0.05) is 12.5 Å². The number of rotatable bonds is 5. The van der Waals surface area contributed by atoms with E-state index in [0.717, 1.165) is 24.9 Å². The van der Waals surface area contributed by atoms with E-state index in [1.54, 1.807) is 0 Å². The maximum absolute atomic E-state index is 8.44. The average Bonchev–Trinajstić information content (AvgIpc) is 2.29. The summed E-state index contributed by atoms with van der Waals surface area (Å²) in [6.07, 6.45) is 7.07. The number of hydrogen-bond donors (Lipinski definition) is 2. The lowest BCUT2D eigenvalue weighted by Crippen LogP contribution is -2.39. The van der Waals surface area contributed by atoms with Crippen molar-refractivity contribution in [3.05, 3.63) is 0 Å². The first-order valence-corrected chi connectivity index (χ1v) is 6.31. The van der Waals surface area contributed by atoms with E-state index in [0.29, 0.717) is 12.3 Å². The van der Waals surface area contributed by atoms with Crippen LogP contribution in [-0.2, 0) is 0 Å². The molecular weight excluding hydrogens is 202 g/mol. The van der Waals surface area contributed by atoms with Gasteiger partial charge in [-0.15, -0.1) is 0 Å². The summed E-state index contributed by atoms with van der Waals surface area (Å²) in [5.41, 5.74) is 5.45. The van der Waals surface area contributed by atoms with E-state index in [9.17, 15) is 0 Å². The summed E-state index contributed by atoms with van der Waals surface area (Å²) in [7, 11) is 2.19. The zero-order valence-corrected chi connectivity index (χ0v) is 10.5. The van der Waals surface area contributed by atoms with Gasteiger partial charge in [0.15, 0.2) is 0 Å². The smallest absolute Gasteiger partial charge is 0.139 e. The summed E-state index contributed by atoms with van der Waals surface area (Å²) < 4.78 is 0. The monoisotopic (exact) mass is 227 g/mol. The minimum Gasteiger partial charge on any atom is -0.409 e. The number of oxime groups is 1. The summed E-state index contributed by atoms with van der Waals surface area (Å²) in [6, 6.07) is 0.723. The molecule has 0 saturated heterocycles. The Labute approximate surface area is 98.5 Å². The fourth-order valence-corrected chi connectivity index (χ4v) is 2.68. The second-order valence-corrected chi connectivity index (χ2v) is 5.00. The third kappa shape index (κ3) is 4.00. The third-order valence-electron chi connectivity index (χ3n) is 3.70. The van der Waals surface area contributed by atoms with Crippen LogP contribution in [-0.4, -0.2) is 35.6 Å². The van der Waals surface area contributed by atoms with Gasteiger partial charge in [-0.05, 0) is 38.8 Å². The number of hydrogen-bond acceptors (Lipinski definition) is 3. The Morgan fingerprint density at radius 2 is 2.12 bits per heavy atom. The second-order valence-electron chi connectivity index (χ2n) is 5.00. The van der Waals surface area contributed by atoms with E-state index in [-0.39, 0.29) is 0 Å². The van der Waals surface area contributed by atoms with Gasteiger partial charge in [0.2, 0.25) is 0 Å². The van der Waals surface area contributed by atoms with Crippen LogP contribution < -0.4 is 5.73 Å². The molecule has 94 valence electrons. The third-order valence-corrected chi connectivity index (χ3v) is 3.70. The van der Waals surface area contributed by atoms with E-state index >= 15 is 0 Å². The van der Waals surface area contributed by atoms with Crippen molar-refractivity contribution in [1.82, 2.24) is 4.90 Å². The predicted molar refractivity (Wildman–Crippen MR) is 66.7 cm³/mol. The molecule has 1 rings (SSSR count). The molecule has 0 aromatic rings. The molecule has 2 atom stereocenters.